The molecule has 0 aliphatic heterocycles. The minimum absolute atomic E-state index is 0.0157. The summed E-state index contributed by atoms with van der Waals surface area (Å²) in [5.74, 6) is -0.0720. The van der Waals surface area contributed by atoms with Gasteiger partial charge in [0, 0.05) is 0 Å². The molecule has 1 aromatic carbocycles. The first-order valence-corrected chi connectivity index (χ1v) is 20.8. The standard InChI is InChI=1S/C10H10IO2.BrH.Hg/c1-2-13-10(12)7-8-3-5-9(11)6-4-8;;/h3-7H,2H2,1H3;1H;/q;;+1/p-1. The Morgan fingerprint density at radius 1 is 1.53 bits per heavy atom. The Kier molecular flexibility index (Phi) is 6.69. The van der Waals surface area contributed by atoms with Gasteiger partial charge in [0.15, 0.2) is 0 Å². The van der Waals surface area contributed by atoms with Crippen LogP contribution in [-0.4, -0.2) is 12.6 Å². The van der Waals surface area contributed by atoms with E-state index < -0.39 is 22.1 Å². The molecule has 1 aromatic rings. The quantitative estimate of drug-likeness (QED) is 0.316. The van der Waals surface area contributed by atoms with E-state index in [0.717, 1.165) is 5.56 Å². The fourth-order valence-electron chi connectivity index (χ4n) is 1.23. The number of benzene rings is 1. The van der Waals surface area contributed by atoms with Crippen LogP contribution in [0.15, 0.2) is 24.3 Å². The number of carbonyl (C=O) groups excluding carboxylic acids is 1. The van der Waals surface area contributed by atoms with Gasteiger partial charge >= 0.3 is 122 Å². The Labute approximate surface area is 121 Å². The number of hydrogen-bond donors (Lipinski definition) is 0. The second-order valence-corrected chi connectivity index (χ2v) is 14.3. The van der Waals surface area contributed by atoms with Crippen molar-refractivity contribution in [2.24, 2.45) is 0 Å². The molecule has 2 nitrogen and oxygen atoms in total. The third kappa shape index (κ3) is 4.30. The molecule has 78 valence electrons. The maximum absolute atomic E-state index is 11.7. The molecule has 1 rings (SSSR count). The Balaban J connectivity index is 2.82. The molecule has 0 aromatic heterocycles. The van der Waals surface area contributed by atoms with Gasteiger partial charge in [0.1, 0.15) is 0 Å². The van der Waals surface area contributed by atoms with E-state index in [1.165, 1.54) is 3.57 Å². The molecule has 0 radical (unpaired) electrons. The van der Waals surface area contributed by atoms with E-state index in [0.29, 0.717) is 6.61 Å². The van der Waals surface area contributed by atoms with E-state index in [1.54, 1.807) is 0 Å². The van der Waals surface area contributed by atoms with Crippen molar-refractivity contribution in [2.45, 2.75) is 10.4 Å². The van der Waals surface area contributed by atoms with Crippen LogP contribution < -0.4 is 0 Å². The van der Waals surface area contributed by atoms with Gasteiger partial charge in [0.2, 0.25) is 0 Å². The summed E-state index contributed by atoms with van der Waals surface area (Å²) in [6, 6.07) is 8.09. The molecule has 0 aliphatic carbocycles. The van der Waals surface area contributed by atoms with Crippen molar-refractivity contribution in [1.29, 1.82) is 0 Å². The fraction of sp³-hybridized carbons (Fsp3) is 0.300. The zero-order chi connectivity index (χ0) is 11.3. The number of hydrogen-bond acceptors (Lipinski definition) is 2. The van der Waals surface area contributed by atoms with Gasteiger partial charge in [-0.15, -0.1) is 0 Å². The second kappa shape index (κ2) is 7.22. The normalized spacial score (nSPS) is 11.7. The van der Waals surface area contributed by atoms with Crippen molar-refractivity contribution in [1.82, 2.24) is 0 Å². The molecule has 0 fully saturated rings. The fourth-order valence-corrected chi connectivity index (χ4v) is 9.88. The number of carbonyl (C=O) groups is 1. The van der Waals surface area contributed by atoms with Crippen LogP contribution in [0.4, 0.5) is 0 Å². The van der Waals surface area contributed by atoms with Gasteiger partial charge in [0.25, 0.3) is 0 Å². The van der Waals surface area contributed by atoms with Crippen LogP contribution in [0.25, 0.3) is 0 Å². The molecule has 15 heavy (non-hydrogen) atoms. The molecule has 0 heterocycles. The summed E-state index contributed by atoms with van der Waals surface area (Å²) < 4.78 is 6.27. The van der Waals surface area contributed by atoms with Crippen molar-refractivity contribution in [3.63, 3.8) is 0 Å². The zero-order valence-electron chi connectivity index (χ0n) is 8.37. The summed E-state index contributed by atoms with van der Waals surface area (Å²) in [5, 5.41) is 0. The minimum atomic E-state index is -1.34. The third-order valence-corrected chi connectivity index (χ3v) is 12.7. The van der Waals surface area contributed by atoms with Gasteiger partial charge in [-0.2, -0.15) is 0 Å². The van der Waals surface area contributed by atoms with E-state index in [1.807, 2.05) is 31.2 Å². The summed E-state index contributed by atoms with van der Waals surface area (Å²) in [4.78, 5) is 11.7. The molecule has 0 bridgehead atoms. The number of ether oxygens (including phenoxy) is 1. The van der Waals surface area contributed by atoms with Crippen LogP contribution in [0, 0.1) is 3.57 Å². The van der Waals surface area contributed by atoms with Crippen LogP contribution in [0.3, 0.4) is 0 Å². The van der Waals surface area contributed by atoms with E-state index in [9.17, 15) is 4.79 Å². The van der Waals surface area contributed by atoms with Gasteiger partial charge in [0.05, 0.1) is 0 Å². The van der Waals surface area contributed by atoms with Crippen LogP contribution >= 0.6 is 34.5 Å². The van der Waals surface area contributed by atoms with E-state index >= 15 is 0 Å². The zero-order valence-corrected chi connectivity index (χ0v) is 17.6. The van der Waals surface area contributed by atoms with Crippen molar-refractivity contribution in [2.75, 3.05) is 6.61 Å². The van der Waals surface area contributed by atoms with Crippen molar-refractivity contribution in [3.05, 3.63) is 33.4 Å². The van der Waals surface area contributed by atoms with Crippen LogP contribution in [0.5, 0.6) is 0 Å². The molecule has 5 heteroatoms. The SMILES string of the molecule is CCOC(=O)[CH]([Hg][Br])c1ccc(I)cc1. The Morgan fingerprint density at radius 2 is 2.13 bits per heavy atom. The Hall–Kier alpha value is 0.835. The predicted octanol–water partition coefficient (Wildman–Crippen LogP) is 3.29. The summed E-state index contributed by atoms with van der Waals surface area (Å²) in [6.45, 7) is 2.30. The molecular weight excluding hydrogens is 560 g/mol. The molecule has 0 aliphatic rings. The molecule has 0 saturated heterocycles. The van der Waals surface area contributed by atoms with E-state index in [2.05, 4.69) is 34.5 Å². The molecule has 0 amide bonds. The first-order valence-electron chi connectivity index (χ1n) is 4.67. The van der Waals surface area contributed by atoms with Gasteiger partial charge in [-0.25, -0.2) is 0 Å². The van der Waals surface area contributed by atoms with E-state index in [-0.39, 0.29) is 9.40 Å². The van der Waals surface area contributed by atoms with Gasteiger partial charge in [-0.3, -0.25) is 0 Å². The molecule has 1 unspecified atom stereocenters. The summed E-state index contributed by atoms with van der Waals surface area (Å²) >= 11 is 4.48. The van der Waals surface area contributed by atoms with Crippen molar-refractivity contribution >= 4 is 40.5 Å². The second-order valence-electron chi connectivity index (χ2n) is 3.01. The predicted molar refractivity (Wildman–Crippen MR) is 67.5 cm³/mol. The van der Waals surface area contributed by atoms with Crippen molar-refractivity contribution in [3.8, 4) is 0 Å². The van der Waals surface area contributed by atoms with Gasteiger partial charge in [-0.05, 0) is 0 Å². The Morgan fingerprint density at radius 3 is 2.60 bits per heavy atom. The summed E-state index contributed by atoms with van der Waals surface area (Å²) in [5.41, 5.74) is 1.09. The first kappa shape index (κ1) is 13.9. The monoisotopic (exact) mass is 570 g/mol. The summed E-state index contributed by atoms with van der Waals surface area (Å²) in [7, 11) is 0. The van der Waals surface area contributed by atoms with E-state index in [4.69, 9.17) is 4.74 Å². The maximum atomic E-state index is 11.7. The molecular formula is C10H10BrHgIO2. The van der Waals surface area contributed by atoms with Crippen LogP contribution in [0.1, 0.15) is 15.9 Å². The average Bonchev–Trinajstić information content (AvgIpc) is 2.22. The topological polar surface area (TPSA) is 26.3 Å². The van der Waals surface area contributed by atoms with Crippen molar-refractivity contribution < 1.29 is 31.7 Å². The number of rotatable bonds is 4. The molecule has 0 N–H and O–H groups in total. The van der Waals surface area contributed by atoms with Gasteiger partial charge in [-0.1, -0.05) is 0 Å². The van der Waals surface area contributed by atoms with Crippen LogP contribution in [0.2, 0.25) is 0 Å². The third-order valence-electron chi connectivity index (χ3n) is 2.00. The molecule has 0 saturated carbocycles. The average molecular weight is 570 g/mol. The molecule has 0 spiro atoms. The number of halogens is 2. The Bertz CT molecular complexity index is 329. The first-order chi connectivity index (χ1) is 7.19. The molecule has 1 atom stereocenters. The number of esters is 1. The van der Waals surface area contributed by atoms with Crippen LogP contribution in [-0.2, 0) is 31.7 Å². The summed E-state index contributed by atoms with van der Waals surface area (Å²) in [6.07, 6.45) is 0. The van der Waals surface area contributed by atoms with Gasteiger partial charge < -0.3 is 0 Å².